The molecule has 3 aromatic rings. The molecule has 3 heterocycles. The molecule has 2 N–H and O–H groups in total. The van der Waals surface area contributed by atoms with Crippen LogP contribution in [0, 0.1) is 0 Å². The Hall–Kier alpha value is -3.27. The molecule has 0 bridgehead atoms. The maximum Gasteiger partial charge on any atom is 0.431 e. The third kappa shape index (κ3) is 3.65. The number of H-pyrrole nitrogens is 1. The number of aromatic amines is 1. The first kappa shape index (κ1) is 20.0. The predicted molar refractivity (Wildman–Crippen MR) is 103 cm³/mol. The highest BCUT2D eigenvalue weighted by Gasteiger charge is 2.33. The number of alkyl halides is 3. The standard InChI is InChI=1S/C20H14F3N3O3S/c1-29-10-2-3-11-14(8-10)30-15-9-24-7-6-12(15)17(11)26-19(28)13-4-5-16(20(21,22)23)25-18(13)27/h2-9,17H,1H3,(H,25,27)(H,26,28). The summed E-state index contributed by atoms with van der Waals surface area (Å²) in [6.45, 7) is 0. The van der Waals surface area contributed by atoms with Crippen LogP contribution in [0.25, 0.3) is 0 Å². The van der Waals surface area contributed by atoms with Gasteiger partial charge in [0.05, 0.1) is 13.2 Å². The second-order valence-corrected chi connectivity index (χ2v) is 7.52. The lowest BCUT2D eigenvalue weighted by Crippen LogP contribution is -2.35. The van der Waals surface area contributed by atoms with E-state index in [4.69, 9.17) is 4.74 Å². The third-order valence-corrected chi connectivity index (χ3v) is 5.75. The number of fused-ring (bicyclic) bond motifs is 2. The van der Waals surface area contributed by atoms with Gasteiger partial charge < -0.3 is 15.0 Å². The Morgan fingerprint density at radius 1 is 1.17 bits per heavy atom. The average Bonchev–Trinajstić information content (AvgIpc) is 2.72. The second kappa shape index (κ2) is 7.52. The highest BCUT2D eigenvalue weighted by atomic mass is 32.2. The van der Waals surface area contributed by atoms with Gasteiger partial charge in [0, 0.05) is 22.2 Å². The van der Waals surface area contributed by atoms with Gasteiger partial charge >= 0.3 is 6.18 Å². The van der Waals surface area contributed by atoms with Gasteiger partial charge in [-0.2, -0.15) is 13.2 Å². The summed E-state index contributed by atoms with van der Waals surface area (Å²) >= 11 is 1.46. The zero-order chi connectivity index (χ0) is 21.5. The number of halogens is 3. The number of methoxy groups -OCH3 is 1. The lowest BCUT2D eigenvalue weighted by Gasteiger charge is -2.28. The molecule has 0 saturated heterocycles. The van der Waals surface area contributed by atoms with Gasteiger partial charge in [0.1, 0.15) is 17.0 Å². The van der Waals surface area contributed by atoms with Crippen LogP contribution in [0.2, 0.25) is 0 Å². The van der Waals surface area contributed by atoms with Crippen molar-refractivity contribution in [2.75, 3.05) is 7.11 Å². The topological polar surface area (TPSA) is 84.1 Å². The lowest BCUT2D eigenvalue weighted by atomic mass is 9.98. The van der Waals surface area contributed by atoms with Gasteiger partial charge in [0.15, 0.2) is 0 Å². The zero-order valence-corrected chi connectivity index (χ0v) is 16.2. The van der Waals surface area contributed by atoms with E-state index in [0.717, 1.165) is 27.0 Å². The largest absolute Gasteiger partial charge is 0.497 e. The number of hydrogen-bond donors (Lipinski definition) is 2. The number of nitrogens with zero attached hydrogens (tertiary/aromatic N) is 1. The summed E-state index contributed by atoms with van der Waals surface area (Å²) in [4.78, 5) is 32.3. The van der Waals surface area contributed by atoms with Crippen LogP contribution in [0.1, 0.15) is 33.2 Å². The first-order chi connectivity index (χ1) is 14.3. The SMILES string of the molecule is COc1ccc2c(c1)Sc1cnccc1C2NC(=O)c1ccc(C(F)(F)F)[nH]c1=O. The molecule has 1 aliphatic heterocycles. The Bertz CT molecular complexity index is 1190. The number of aromatic nitrogens is 2. The maximum absolute atomic E-state index is 12.8. The van der Waals surface area contributed by atoms with Crippen molar-refractivity contribution in [2.24, 2.45) is 0 Å². The fourth-order valence-corrected chi connectivity index (χ4v) is 4.28. The molecule has 10 heteroatoms. The van der Waals surface area contributed by atoms with Crippen molar-refractivity contribution in [3.05, 3.63) is 81.5 Å². The number of carbonyl (C=O) groups excluding carboxylic acids is 1. The molecule has 0 spiro atoms. The molecule has 0 fully saturated rings. The lowest BCUT2D eigenvalue weighted by molar-refractivity contribution is -0.141. The number of amides is 1. The Morgan fingerprint density at radius 3 is 2.63 bits per heavy atom. The molecule has 4 rings (SSSR count). The van der Waals surface area contributed by atoms with Crippen LogP contribution in [0.5, 0.6) is 5.75 Å². The van der Waals surface area contributed by atoms with Crippen molar-refractivity contribution >= 4 is 17.7 Å². The molecule has 0 aliphatic carbocycles. The molecule has 6 nitrogen and oxygen atoms in total. The number of hydrogen-bond acceptors (Lipinski definition) is 5. The van der Waals surface area contributed by atoms with E-state index in [1.807, 2.05) is 6.07 Å². The van der Waals surface area contributed by atoms with Gasteiger partial charge in [-0.3, -0.25) is 14.6 Å². The van der Waals surface area contributed by atoms with Crippen LogP contribution in [-0.2, 0) is 6.18 Å². The van der Waals surface area contributed by atoms with Crippen molar-refractivity contribution in [3.63, 3.8) is 0 Å². The molecule has 1 atom stereocenters. The van der Waals surface area contributed by atoms with E-state index in [0.29, 0.717) is 11.8 Å². The van der Waals surface area contributed by atoms with Gasteiger partial charge in [0.2, 0.25) is 0 Å². The number of carbonyl (C=O) groups is 1. The van der Waals surface area contributed by atoms with Gasteiger partial charge in [-0.05, 0) is 41.5 Å². The van der Waals surface area contributed by atoms with E-state index in [2.05, 4.69) is 10.3 Å². The Morgan fingerprint density at radius 2 is 1.93 bits per heavy atom. The molecule has 1 amide bonds. The summed E-state index contributed by atoms with van der Waals surface area (Å²) in [6.07, 6.45) is -1.47. The first-order valence-electron chi connectivity index (χ1n) is 8.69. The minimum Gasteiger partial charge on any atom is -0.497 e. The number of pyridine rings is 2. The molecular formula is C20H14F3N3O3S. The van der Waals surface area contributed by atoms with E-state index < -0.39 is 34.9 Å². The minimum absolute atomic E-state index is 0.410. The molecule has 2 aromatic heterocycles. The van der Waals surface area contributed by atoms with Crippen molar-refractivity contribution in [1.29, 1.82) is 0 Å². The quantitative estimate of drug-likeness (QED) is 0.657. The van der Waals surface area contributed by atoms with Crippen molar-refractivity contribution < 1.29 is 22.7 Å². The van der Waals surface area contributed by atoms with Crippen LogP contribution in [0.3, 0.4) is 0 Å². The molecule has 1 aromatic carbocycles. The van der Waals surface area contributed by atoms with E-state index in [9.17, 15) is 22.8 Å². The summed E-state index contributed by atoms with van der Waals surface area (Å²) < 4.78 is 43.6. The molecular weight excluding hydrogens is 419 g/mol. The van der Waals surface area contributed by atoms with E-state index in [1.54, 1.807) is 42.7 Å². The monoisotopic (exact) mass is 433 g/mol. The molecule has 154 valence electrons. The normalized spacial score (nSPS) is 15.1. The van der Waals surface area contributed by atoms with E-state index in [-0.39, 0.29) is 0 Å². The van der Waals surface area contributed by atoms with Crippen molar-refractivity contribution in [1.82, 2.24) is 15.3 Å². The molecule has 0 radical (unpaired) electrons. The molecule has 1 aliphatic rings. The second-order valence-electron chi connectivity index (χ2n) is 6.44. The third-order valence-electron chi connectivity index (χ3n) is 4.61. The number of nitrogens with one attached hydrogen (secondary N) is 2. The van der Waals surface area contributed by atoms with Crippen LogP contribution >= 0.6 is 11.8 Å². The van der Waals surface area contributed by atoms with Gasteiger partial charge in [-0.15, -0.1) is 0 Å². The number of benzene rings is 1. The summed E-state index contributed by atoms with van der Waals surface area (Å²) in [5.74, 6) is -0.149. The molecule has 30 heavy (non-hydrogen) atoms. The summed E-state index contributed by atoms with van der Waals surface area (Å²) in [7, 11) is 1.54. The van der Waals surface area contributed by atoms with Gasteiger partial charge in [0.25, 0.3) is 11.5 Å². The van der Waals surface area contributed by atoms with Crippen molar-refractivity contribution in [2.45, 2.75) is 22.0 Å². The highest BCUT2D eigenvalue weighted by molar-refractivity contribution is 7.99. The summed E-state index contributed by atoms with van der Waals surface area (Å²) in [5, 5.41) is 2.76. The summed E-state index contributed by atoms with van der Waals surface area (Å²) in [6, 6.07) is 8.04. The van der Waals surface area contributed by atoms with Gasteiger partial charge in [-0.25, -0.2) is 0 Å². The van der Waals surface area contributed by atoms with E-state index >= 15 is 0 Å². The molecule has 1 unspecified atom stereocenters. The Kier molecular flexibility index (Phi) is 5.02. The smallest absolute Gasteiger partial charge is 0.431 e. The molecule has 0 saturated carbocycles. The number of rotatable bonds is 3. The average molecular weight is 433 g/mol. The number of ether oxygens (including phenoxy) is 1. The Balaban J connectivity index is 1.71. The minimum atomic E-state index is -4.71. The Labute approximate surface area is 172 Å². The highest BCUT2D eigenvalue weighted by Crippen LogP contribution is 2.45. The maximum atomic E-state index is 12.8. The predicted octanol–water partition coefficient (Wildman–Crippen LogP) is 3.78. The fourth-order valence-electron chi connectivity index (χ4n) is 3.15. The van der Waals surface area contributed by atoms with Gasteiger partial charge in [-0.1, -0.05) is 17.8 Å². The van der Waals surface area contributed by atoms with Crippen LogP contribution in [0.15, 0.2) is 63.4 Å². The van der Waals surface area contributed by atoms with Crippen molar-refractivity contribution in [3.8, 4) is 5.75 Å². The summed E-state index contributed by atoms with van der Waals surface area (Å²) in [5.41, 5.74) is -1.20. The van der Waals surface area contributed by atoms with E-state index in [1.165, 1.54) is 11.8 Å². The van der Waals surface area contributed by atoms with Crippen LogP contribution in [-0.4, -0.2) is 23.0 Å². The first-order valence-corrected chi connectivity index (χ1v) is 9.50. The van der Waals surface area contributed by atoms with Crippen LogP contribution in [0.4, 0.5) is 13.2 Å². The zero-order valence-electron chi connectivity index (χ0n) is 15.4. The fraction of sp³-hybridized carbons (Fsp3) is 0.150. The van der Waals surface area contributed by atoms with Crippen LogP contribution < -0.4 is 15.6 Å².